The number of para-hydroxylation sites is 1. The van der Waals surface area contributed by atoms with Gasteiger partial charge in [0.2, 0.25) is 17.7 Å². The lowest BCUT2D eigenvalue weighted by molar-refractivity contribution is -0.152. The van der Waals surface area contributed by atoms with Crippen molar-refractivity contribution in [2.45, 2.75) is 63.4 Å². The van der Waals surface area contributed by atoms with Crippen LogP contribution in [0.15, 0.2) is 86.0 Å². The predicted molar refractivity (Wildman–Crippen MR) is 166 cm³/mol. The Kier molecular flexibility index (Phi) is 9.18. The number of hydrogen-bond acceptors (Lipinski definition) is 5. The van der Waals surface area contributed by atoms with Crippen molar-refractivity contribution in [2.24, 2.45) is 17.8 Å². The number of hydrogen-bond donors (Lipinski definition) is 1. The van der Waals surface area contributed by atoms with Crippen molar-refractivity contribution in [3.05, 3.63) is 91.5 Å². The number of amides is 3. The molecular formula is C35H43N3O5. The number of aliphatic hydroxyl groups excluding tert-OH is 1. The maximum atomic E-state index is 14.7. The van der Waals surface area contributed by atoms with Crippen LogP contribution >= 0.6 is 0 Å². The van der Waals surface area contributed by atoms with Crippen LogP contribution in [-0.4, -0.2) is 76.1 Å². The zero-order valence-corrected chi connectivity index (χ0v) is 25.2. The first-order valence-electron chi connectivity index (χ1n) is 15.3. The summed E-state index contributed by atoms with van der Waals surface area (Å²) in [5, 5.41) is 10.6. The third-order valence-electron chi connectivity index (χ3n) is 9.63. The molecule has 3 aliphatic heterocycles. The highest BCUT2D eigenvalue weighted by Gasteiger charge is 2.75. The fraction of sp³-hybridized carbons (Fsp3) is 0.457. The number of ether oxygens (including phenoxy) is 1. The molecule has 2 aromatic carbocycles. The summed E-state index contributed by atoms with van der Waals surface area (Å²) >= 11 is 0. The first-order valence-corrected chi connectivity index (χ1v) is 15.3. The number of benzene rings is 2. The lowest BCUT2D eigenvalue weighted by atomic mass is 9.70. The molecule has 0 saturated carbocycles. The molecule has 0 aliphatic carbocycles. The monoisotopic (exact) mass is 585 g/mol. The normalized spacial score (nSPS) is 27.0. The third-order valence-corrected chi connectivity index (χ3v) is 9.63. The second-order valence-corrected chi connectivity index (χ2v) is 12.0. The SMILES string of the molecule is C=CCN(Cc1ccccc1)C(=O)C1N([C@@H](CO)[C@@H](C)CC)C(=O)[C@@H]2[C@@H](C(=O)N(CC=C)c3ccccc3)[C@H]3CCC12O3. The molecule has 8 heteroatoms. The van der Waals surface area contributed by atoms with E-state index >= 15 is 0 Å². The van der Waals surface area contributed by atoms with Crippen LogP contribution in [0.5, 0.6) is 0 Å². The molecular weight excluding hydrogens is 542 g/mol. The Hall–Kier alpha value is -3.75. The van der Waals surface area contributed by atoms with E-state index in [0.717, 1.165) is 5.56 Å². The van der Waals surface area contributed by atoms with Gasteiger partial charge in [0.25, 0.3) is 0 Å². The van der Waals surface area contributed by atoms with Crippen LogP contribution in [0, 0.1) is 17.8 Å². The zero-order chi connectivity index (χ0) is 30.7. The second kappa shape index (κ2) is 12.9. The minimum atomic E-state index is -1.16. The van der Waals surface area contributed by atoms with E-state index in [2.05, 4.69) is 13.2 Å². The van der Waals surface area contributed by atoms with Gasteiger partial charge in [-0.2, -0.15) is 0 Å². The van der Waals surface area contributed by atoms with Gasteiger partial charge in [0.15, 0.2) is 0 Å². The van der Waals surface area contributed by atoms with Crippen LogP contribution in [0.1, 0.15) is 38.7 Å². The smallest absolute Gasteiger partial charge is 0.249 e. The molecule has 2 unspecified atom stereocenters. The highest BCUT2D eigenvalue weighted by Crippen LogP contribution is 2.59. The van der Waals surface area contributed by atoms with Gasteiger partial charge in [0, 0.05) is 25.3 Å². The molecule has 8 nitrogen and oxygen atoms in total. The van der Waals surface area contributed by atoms with Crippen LogP contribution < -0.4 is 4.90 Å². The molecule has 1 spiro atoms. The van der Waals surface area contributed by atoms with Crippen molar-refractivity contribution < 1.29 is 24.2 Å². The zero-order valence-electron chi connectivity index (χ0n) is 25.2. The van der Waals surface area contributed by atoms with E-state index in [4.69, 9.17) is 4.74 Å². The molecule has 3 aliphatic rings. The quantitative estimate of drug-likeness (QED) is 0.356. The summed E-state index contributed by atoms with van der Waals surface area (Å²) in [5.41, 5.74) is 0.509. The Morgan fingerprint density at radius 1 is 1.07 bits per heavy atom. The van der Waals surface area contributed by atoms with Gasteiger partial charge in [-0.1, -0.05) is 81.0 Å². The third kappa shape index (κ3) is 5.31. The topological polar surface area (TPSA) is 90.4 Å². The largest absolute Gasteiger partial charge is 0.394 e. The van der Waals surface area contributed by atoms with E-state index in [-0.39, 0.29) is 43.3 Å². The summed E-state index contributed by atoms with van der Waals surface area (Å²) in [6.07, 6.45) is 4.65. The number of carbonyl (C=O) groups is 3. The van der Waals surface area contributed by atoms with Gasteiger partial charge in [-0.05, 0) is 36.5 Å². The van der Waals surface area contributed by atoms with Crippen molar-refractivity contribution in [3.63, 3.8) is 0 Å². The van der Waals surface area contributed by atoms with E-state index < -0.39 is 35.6 Å². The number of aliphatic hydroxyl groups is 1. The van der Waals surface area contributed by atoms with Crippen molar-refractivity contribution in [3.8, 4) is 0 Å². The van der Waals surface area contributed by atoms with Gasteiger partial charge < -0.3 is 24.5 Å². The average Bonchev–Trinajstić information content (AvgIpc) is 3.68. The van der Waals surface area contributed by atoms with E-state index in [1.807, 2.05) is 74.5 Å². The van der Waals surface area contributed by atoms with E-state index in [9.17, 15) is 19.5 Å². The Labute approximate surface area is 254 Å². The number of rotatable bonds is 13. The minimum absolute atomic E-state index is 0.0746. The minimum Gasteiger partial charge on any atom is -0.394 e. The summed E-state index contributed by atoms with van der Waals surface area (Å²) in [6.45, 7) is 12.3. The molecule has 5 rings (SSSR count). The molecule has 3 amide bonds. The van der Waals surface area contributed by atoms with E-state index in [0.29, 0.717) is 31.5 Å². The summed E-state index contributed by atoms with van der Waals surface area (Å²) in [6, 6.07) is 17.5. The second-order valence-electron chi connectivity index (χ2n) is 12.0. The Balaban J connectivity index is 1.58. The van der Waals surface area contributed by atoms with E-state index in [1.165, 1.54) is 0 Å². The Bertz CT molecular complexity index is 1330. The lowest BCUT2D eigenvalue weighted by Gasteiger charge is -2.41. The molecule has 1 N–H and O–H groups in total. The van der Waals surface area contributed by atoms with Crippen molar-refractivity contribution >= 4 is 23.4 Å². The molecule has 43 heavy (non-hydrogen) atoms. The van der Waals surface area contributed by atoms with Crippen molar-refractivity contribution in [2.75, 3.05) is 24.6 Å². The van der Waals surface area contributed by atoms with Crippen molar-refractivity contribution in [1.82, 2.24) is 9.80 Å². The van der Waals surface area contributed by atoms with Gasteiger partial charge in [0.1, 0.15) is 11.6 Å². The van der Waals surface area contributed by atoms with Gasteiger partial charge in [0.05, 0.1) is 30.6 Å². The molecule has 2 aromatic rings. The van der Waals surface area contributed by atoms with Crippen molar-refractivity contribution in [1.29, 1.82) is 0 Å². The summed E-state index contributed by atoms with van der Waals surface area (Å²) in [4.78, 5) is 48.6. The molecule has 3 fully saturated rings. The predicted octanol–water partition coefficient (Wildman–Crippen LogP) is 4.20. The molecule has 2 bridgehead atoms. The fourth-order valence-corrected chi connectivity index (χ4v) is 7.43. The van der Waals surface area contributed by atoms with Crippen LogP contribution in [0.25, 0.3) is 0 Å². The maximum Gasteiger partial charge on any atom is 0.249 e. The maximum absolute atomic E-state index is 14.7. The Morgan fingerprint density at radius 3 is 2.33 bits per heavy atom. The molecule has 0 radical (unpaired) electrons. The highest BCUT2D eigenvalue weighted by molar-refractivity contribution is 6.03. The number of nitrogens with zero attached hydrogens (tertiary/aromatic N) is 3. The number of fused-ring (bicyclic) bond motifs is 1. The van der Waals surface area contributed by atoms with Crippen LogP contribution in [0.4, 0.5) is 5.69 Å². The highest BCUT2D eigenvalue weighted by atomic mass is 16.5. The first kappa shape index (κ1) is 30.7. The first-order chi connectivity index (χ1) is 20.8. The standard InChI is InChI=1S/C35H43N3O5/c1-5-20-36(22-25-14-10-8-11-15-25)34(42)31-35-19-18-28(43-35)29(30(35)33(41)38(31)27(23-39)24(4)7-3)32(40)37(21-6-2)26-16-12-9-13-17-26/h5-6,8-17,24,27-31,39H,1-2,7,18-23H2,3-4H3/t24-,27-,28+,29-,30-,31?,35?/m0/s1. The molecule has 3 heterocycles. The molecule has 3 saturated heterocycles. The van der Waals surface area contributed by atoms with Crippen LogP contribution in [0.2, 0.25) is 0 Å². The number of anilines is 1. The summed E-state index contributed by atoms with van der Waals surface area (Å²) < 4.78 is 6.71. The molecule has 228 valence electrons. The number of carbonyl (C=O) groups excluding carboxylic acids is 3. The summed E-state index contributed by atoms with van der Waals surface area (Å²) in [7, 11) is 0. The van der Waals surface area contributed by atoms with Gasteiger partial charge in [-0.15, -0.1) is 13.2 Å². The summed E-state index contributed by atoms with van der Waals surface area (Å²) in [5.74, 6) is -2.40. The van der Waals surface area contributed by atoms with Crippen LogP contribution in [0.3, 0.4) is 0 Å². The molecule has 0 aromatic heterocycles. The molecule has 7 atom stereocenters. The fourth-order valence-electron chi connectivity index (χ4n) is 7.43. The average molecular weight is 586 g/mol. The lowest BCUT2D eigenvalue weighted by Crippen LogP contribution is -2.59. The Morgan fingerprint density at radius 2 is 1.72 bits per heavy atom. The van der Waals surface area contributed by atoms with Gasteiger partial charge in [-0.3, -0.25) is 14.4 Å². The van der Waals surface area contributed by atoms with Gasteiger partial charge >= 0.3 is 0 Å². The van der Waals surface area contributed by atoms with E-state index in [1.54, 1.807) is 26.9 Å². The van der Waals surface area contributed by atoms with Gasteiger partial charge in [-0.25, -0.2) is 0 Å². The van der Waals surface area contributed by atoms with Crippen LogP contribution in [-0.2, 0) is 25.7 Å². The number of likely N-dealkylation sites (tertiary alicyclic amines) is 1.